The summed E-state index contributed by atoms with van der Waals surface area (Å²) in [5, 5.41) is 35.0. The highest BCUT2D eigenvalue weighted by atomic mass is 16.4. The second-order valence-electron chi connectivity index (χ2n) is 8.38. The molecule has 0 saturated heterocycles. The molecule has 1 aromatic carbocycles. The minimum atomic E-state index is -1.57. The fourth-order valence-corrected chi connectivity index (χ4v) is 3.25. The van der Waals surface area contributed by atoms with Crippen molar-refractivity contribution in [1.82, 2.24) is 16.0 Å². The Labute approximate surface area is 218 Å². The number of hydrogen-bond acceptors (Lipinski definition) is 8. The van der Waals surface area contributed by atoms with Crippen molar-refractivity contribution in [3.05, 3.63) is 35.9 Å². The van der Waals surface area contributed by atoms with Crippen LogP contribution in [0.4, 0.5) is 0 Å². The summed E-state index contributed by atoms with van der Waals surface area (Å²) in [6, 6.07) is 3.12. The normalized spacial score (nSPS) is 13.7. The highest BCUT2D eigenvalue weighted by molar-refractivity contribution is 5.94. The lowest BCUT2D eigenvalue weighted by Crippen LogP contribution is -2.58. The third-order valence-corrected chi connectivity index (χ3v) is 5.30. The standard InChI is InChI=1S/C23H35N7O8/c24-14(7-4-10-27-23(25)26)19(34)28-15(8-9-18(32)33)20(35)30-17(12-31)21(36)29-16(22(37)38)11-13-5-2-1-3-6-13/h1-3,5-6,14-17,31H,4,7-12,24H2,(H,28,34)(H,29,36)(H,30,35)(H,32,33)(H,37,38)(H4,25,26,27). The number of aliphatic hydroxyl groups excluding tert-OH is 1. The largest absolute Gasteiger partial charge is 0.481 e. The first-order chi connectivity index (χ1) is 17.9. The van der Waals surface area contributed by atoms with Crippen LogP contribution in [0, 0.1) is 0 Å². The van der Waals surface area contributed by atoms with Gasteiger partial charge in [-0.25, -0.2) is 4.79 Å². The number of amides is 3. The van der Waals surface area contributed by atoms with E-state index in [1.165, 1.54) is 0 Å². The molecule has 1 rings (SSSR count). The number of nitrogens with zero attached hydrogens (tertiary/aromatic N) is 1. The summed E-state index contributed by atoms with van der Waals surface area (Å²) in [6.45, 7) is -0.666. The van der Waals surface area contributed by atoms with Crippen molar-refractivity contribution >= 4 is 35.6 Å². The molecule has 0 saturated carbocycles. The molecule has 1 aromatic rings. The molecule has 0 aliphatic carbocycles. The third-order valence-electron chi connectivity index (χ3n) is 5.30. The fraction of sp³-hybridized carbons (Fsp3) is 0.478. The molecular weight excluding hydrogens is 502 g/mol. The topological polar surface area (TPSA) is 273 Å². The molecule has 38 heavy (non-hydrogen) atoms. The molecule has 0 radical (unpaired) electrons. The van der Waals surface area contributed by atoms with E-state index in [9.17, 15) is 34.2 Å². The quantitative estimate of drug-likeness (QED) is 0.0548. The Bertz CT molecular complexity index is 985. The van der Waals surface area contributed by atoms with E-state index in [4.69, 9.17) is 22.3 Å². The van der Waals surface area contributed by atoms with E-state index in [2.05, 4.69) is 20.9 Å². The summed E-state index contributed by atoms with van der Waals surface area (Å²) in [7, 11) is 0. The van der Waals surface area contributed by atoms with Gasteiger partial charge in [-0.05, 0) is 24.8 Å². The molecule has 0 spiro atoms. The lowest BCUT2D eigenvalue weighted by atomic mass is 10.1. The van der Waals surface area contributed by atoms with Crippen molar-refractivity contribution in [3.8, 4) is 0 Å². The summed E-state index contributed by atoms with van der Waals surface area (Å²) >= 11 is 0. The minimum Gasteiger partial charge on any atom is -0.481 e. The number of aliphatic imine (C=N–C) groups is 1. The van der Waals surface area contributed by atoms with Gasteiger partial charge in [0.25, 0.3) is 0 Å². The molecule has 0 heterocycles. The number of aliphatic carboxylic acids is 2. The van der Waals surface area contributed by atoms with Crippen molar-refractivity contribution in [2.24, 2.45) is 22.2 Å². The van der Waals surface area contributed by atoms with E-state index in [0.29, 0.717) is 12.0 Å². The van der Waals surface area contributed by atoms with Crippen LogP contribution in [0.2, 0.25) is 0 Å². The highest BCUT2D eigenvalue weighted by Gasteiger charge is 2.30. The maximum absolute atomic E-state index is 12.8. The number of carboxylic acid groups (broad SMARTS) is 2. The molecule has 0 fully saturated rings. The second-order valence-corrected chi connectivity index (χ2v) is 8.38. The molecule has 0 aromatic heterocycles. The molecule has 12 N–H and O–H groups in total. The van der Waals surface area contributed by atoms with E-state index < -0.39 is 66.9 Å². The molecule has 15 heteroatoms. The number of aliphatic hydroxyl groups is 1. The molecular formula is C23H35N7O8. The average molecular weight is 538 g/mol. The Morgan fingerprint density at radius 2 is 1.42 bits per heavy atom. The summed E-state index contributed by atoms with van der Waals surface area (Å²) in [5.74, 6) is -5.38. The predicted octanol–water partition coefficient (Wildman–Crippen LogP) is -2.99. The Morgan fingerprint density at radius 3 is 1.97 bits per heavy atom. The number of carbonyl (C=O) groups is 5. The summed E-state index contributed by atoms with van der Waals surface area (Å²) in [6.07, 6.45) is -0.355. The summed E-state index contributed by atoms with van der Waals surface area (Å²) in [4.78, 5) is 64.4. The van der Waals surface area contributed by atoms with Gasteiger partial charge in [-0.3, -0.25) is 24.2 Å². The van der Waals surface area contributed by atoms with Crippen LogP contribution in [0.25, 0.3) is 0 Å². The number of carbonyl (C=O) groups excluding carboxylic acids is 3. The fourth-order valence-electron chi connectivity index (χ4n) is 3.25. The molecule has 0 aliphatic rings. The lowest BCUT2D eigenvalue weighted by Gasteiger charge is -2.24. The van der Waals surface area contributed by atoms with Crippen LogP contribution >= 0.6 is 0 Å². The monoisotopic (exact) mass is 537 g/mol. The van der Waals surface area contributed by atoms with Crippen LogP contribution in [0.15, 0.2) is 35.3 Å². The Kier molecular flexibility index (Phi) is 13.8. The van der Waals surface area contributed by atoms with E-state index in [-0.39, 0.29) is 31.8 Å². The first kappa shape index (κ1) is 31.8. The van der Waals surface area contributed by atoms with Gasteiger partial charge in [-0.15, -0.1) is 0 Å². The van der Waals surface area contributed by atoms with Gasteiger partial charge in [0.2, 0.25) is 17.7 Å². The zero-order valence-corrected chi connectivity index (χ0v) is 20.7. The first-order valence-electron chi connectivity index (χ1n) is 11.8. The number of benzene rings is 1. The van der Waals surface area contributed by atoms with Crippen LogP contribution in [0.1, 0.15) is 31.2 Å². The van der Waals surface area contributed by atoms with E-state index in [0.717, 1.165) is 0 Å². The zero-order valence-electron chi connectivity index (χ0n) is 20.7. The summed E-state index contributed by atoms with van der Waals surface area (Å²) < 4.78 is 0. The van der Waals surface area contributed by atoms with Gasteiger partial charge in [0.05, 0.1) is 12.6 Å². The third kappa shape index (κ3) is 12.1. The molecule has 0 bridgehead atoms. The van der Waals surface area contributed by atoms with Gasteiger partial charge in [-0.1, -0.05) is 30.3 Å². The number of rotatable bonds is 17. The molecule has 4 unspecified atom stereocenters. The van der Waals surface area contributed by atoms with Gasteiger partial charge < -0.3 is 48.5 Å². The SMILES string of the molecule is NC(N)=NCCCC(N)C(=O)NC(CCC(=O)O)C(=O)NC(CO)C(=O)NC(Cc1ccccc1)C(=O)O. The molecule has 0 aliphatic heterocycles. The van der Waals surface area contributed by atoms with Gasteiger partial charge in [-0.2, -0.15) is 0 Å². The zero-order chi connectivity index (χ0) is 28.7. The molecule has 4 atom stereocenters. The van der Waals surface area contributed by atoms with Gasteiger partial charge in [0.15, 0.2) is 5.96 Å². The molecule has 15 nitrogen and oxygen atoms in total. The molecule has 210 valence electrons. The smallest absolute Gasteiger partial charge is 0.326 e. The van der Waals surface area contributed by atoms with Crippen molar-refractivity contribution < 1.29 is 39.3 Å². The number of guanidine groups is 1. The maximum Gasteiger partial charge on any atom is 0.326 e. The Hall–Kier alpha value is -4.24. The van der Waals surface area contributed by atoms with Crippen molar-refractivity contribution in [2.45, 2.75) is 56.3 Å². The van der Waals surface area contributed by atoms with Crippen LogP contribution in [0.5, 0.6) is 0 Å². The average Bonchev–Trinajstić information content (AvgIpc) is 2.86. The second kappa shape index (κ2) is 16.5. The Balaban J connectivity index is 2.84. The number of nitrogens with one attached hydrogen (secondary N) is 3. The number of hydrogen-bond donors (Lipinski definition) is 9. The van der Waals surface area contributed by atoms with Crippen molar-refractivity contribution in [2.75, 3.05) is 13.2 Å². The first-order valence-corrected chi connectivity index (χ1v) is 11.8. The van der Waals surface area contributed by atoms with Crippen molar-refractivity contribution in [1.29, 1.82) is 0 Å². The van der Waals surface area contributed by atoms with Crippen LogP contribution < -0.4 is 33.2 Å². The van der Waals surface area contributed by atoms with Gasteiger partial charge in [0, 0.05) is 19.4 Å². The van der Waals surface area contributed by atoms with Crippen LogP contribution in [-0.4, -0.2) is 88.3 Å². The van der Waals surface area contributed by atoms with Crippen molar-refractivity contribution in [3.63, 3.8) is 0 Å². The number of carboxylic acids is 2. The number of nitrogens with two attached hydrogens (primary N) is 3. The van der Waals surface area contributed by atoms with E-state index in [1.54, 1.807) is 30.3 Å². The lowest BCUT2D eigenvalue weighted by molar-refractivity contribution is -0.142. The maximum atomic E-state index is 12.8. The predicted molar refractivity (Wildman–Crippen MR) is 135 cm³/mol. The van der Waals surface area contributed by atoms with E-state index >= 15 is 0 Å². The summed E-state index contributed by atoms with van der Waals surface area (Å²) in [5.41, 5.74) is 16.9. The van der Waals surface area contributed by atoms with Crippen LogP contribution in [0.3, 0.4) is 0 Å². The van der Waals surface area contributed by atoms with E-state index in [1.807, 2.05) is 0 Å². The van der Waals surface area contributed by atoms with Gasteiger partial charge >= 0.3 is 11.9 Å². The molecule has 3 amide bonds. The Morgan fingerprint density at radius 1 is 0.842 bits per heavy atom. The highest BCUT2D eigenvalue weighted by Crippen LogP contribution is 2.05. The van der Waals surface area contributed by atoms with Gasteiger partial charge in [0.1, 0.15) is 18.1 Å². The minimum absolute atomic E-state index is 0.0492. The van der Waals surface area contributed by atoms with Crippen LogP contribution in [-0.2, 0) is 30.4 Å².